The topological polar surface area (TPSA) is 0 Å². The van der Waals surface area contributed by atoms with Gasteiger partial charge in [-0.05, 0) is 6.26 Å². The number of thiol groups is 1. The van der Waals surface area contributed by atoms with Gasteiger partial charge in [-0.1, -0.05) is 60.8 Å². The molecular formula is C10H28S. The highest BCUT2D eigenvalue weighted by atomic mass is 32.1. The molecule has 0 fully saturated rings. The number of hydrogen-bond acceptors (Lipinski definition) is 1. The highest BCUT2D eigenvalue weighted by molar-refractivity contribution is 7.79. The Morgan fingerprint density at radius 1 is 0.727 bits per heavy atom. The van der Waals surface area contributed by atoms with E-state index in [1.165, 1.54) is 19.3 Å². The standard InChI is InChI=1S/C4H10.C3H8.C2H6.CH4S/c1-3-4-2;1-3-2;2*1-2/h3-4H2,1-2H3;3H2,1-2H3;1-2H3;2H,1H3. The summed E-state index contributed by atoms with van der Waals surface area (Å²) in [6.07, 6.45) is 5.58. The summed E-state index contributed by atoms with van der Waals surface area (Å²) >= 11 is 3.53. The summed E-state index contributed by atoms with van der Waals surface area (Å²) in [5.41, 5.74) is 0. The molecule has 0 saturated heterocycles. The van der Waals surface area contributed by atoms with Gasteiger partial charge in [0.1, 0.15) is 0 Å². The zero-order valence-electron chi connectivity index (χ0n) is 9.57. The Labute approximate surface area is 80.2 Å². The summed E-state index contributed by atoms with van der Waals surface area (Å²) in [5.74, 6) is 0. The van der Waals surface area contributed by atoms with Crippen molar-refractivity contribution in [2.75, 3.05) is 6.26 Å². The van der Waals surface area contributed by atoms with Crippen molar-refractivity contribution in [2.45, 2.75) is 60.8 Å². The molecule has 0 amide bonds. The molecule has 0 bridgehead atoms. The molecule has 0 nitrogen and oxygen atoms in total. The Morgan fingerprint density at radius 2 is 0.818 bits per heavy atom. The van der Waals surface area contributed by atoms with Gasteiger partial charge < -0.3 is 0 Å². The van der Waals surface area contributed by atoms with E-state index >= 15 is 0 Å². The first-order valence-electron chi connectivity index (χ1n) is 4.78. The van der Waals surface area contributed by atoms with Crippen LogP contribution in [0.15, 0.2) is 0 Å². The third-order valence-corrected chi connectivity index (χ3v) is 0.500. The molecule has 0 heterocycles. The maximum Gasteiger partial charge on any atom is -0.0215 e. The largest absolute Gasteiger partial charge is 0.183 e. The van der Waals surface area contributed by atoms with Gasteiger partial charge in [0.25, 0.3) is 0 Å². The summed E-state index contributed by atoms with van der Waals surface area (Å²) < 4.78 is 0. The molecule has 0 radical (unpaired) electrons. The van der Waals surface area contributed by atoms with Gasteiger partial charge in [0, 0.05) is 0 Å². The van der Waals surface area contributed by atoms with Crippen molar-refractivity contribution in [2.24, 2.45) is 0 Å². The van der Waals surface area contributed by atoms with Crippen molar-refractivity contribution in [3.63, 3.8) is 0 Å². The molecule has 0 aliphatic rings. The van der Waals surface area contributed by atoms with Crippen molar-refractivity contribution in [1.82, 2.24) is 0 Å². The van der Waals surface area contributed by atoms with Crippen molar-refractivity contribution in [3.05, 3.63) is 0 Å². The van der Waals surface area contributed by atoms with E-state index in [1.807, 2.05) is 13.8 Å². The summed E-state index contributed by atoms with van der Waals surface area (Å²) in [5, 5.41) is 0. The van der Waals surface area contributed by atoms with Gasteiger partial charge in [0.15, 0.2) is 0 Å². The lowest BCUT2D eigenvalue weighted by molar-refractivity contribution is 0.886. The molecule has 0 atom stereocenters. The monoisotopic (exact) mass is 180 g/mol. The molecule has 0 unspecified atom stereocenters. The van der Waals surface area contributed by atoms with Crippen molar-refractivity contribution >= 4 is 12.6 Å². The van der Waals surface area contributed by atoms with Crippen LogP contribution < -0.4 is 0 Å². The molecule has 0 spiro atoms. The first-order valence-corrected chi connectivity index (χ1v) is 5.67. The van der Waals surface area contributed by atoms with Crippen LogP contribution in [0, 0.1) is 0 Å². The predicted molar refractivity (Wildman–Crippen MR) is 62.8 cm³/mol. The summed E-state index contributed by atoms with van der Waals surface area (Å²) in [6, 6.07) is 0. The van der Waals surface area contributed by atoms with E-state index in [-0.39, 0.29) is 0 Å². The molecule has 0 aromatic rings. The average molecular weight is 180 g/mol. The number of hydrogen-bond donors (Lipinski definition) is 1. The van der Waals surface area contributed by atoms with E-state index in [2.05, 4.69) is 40.3 Å². The van der Waals surface area contributed by atoms with Gasteiger partial charge in [0.2, 0.25) is 0 Å². The lowest BCUT2D eigenvalue weighted by atomic mass is 10.4. The molecule has 0 rings (SSSR count). The quantitative estimate of drug-likeness (QED) is 0.551. The normalized spacial score (nSPS) is 5.45. The van der Waals surface area contributed by atoms with E-state index in [0.29, 0.717) is 0 Å². The van der Waals surface area contributed by atoms with Crippen molar-refractivity contribution in [1.29, 1.82) is 0 Å². The first-order chi connectivity index (χ1) is 5.33. The Bertz CT molecular complexity index is 12.3. The van der Waals surface area contributed by atoms with Gasteiger partial charge in [-0.3, -0.25) is 0 Å². The van der Waals surface area contributed by atoms with E-state index in [9.17, 15) is 0 Å². The zero-order chi connectivity index (χ0) is 10.1. The highest BCUT2D eigenvalue weighted by Crippen LogP contribution is 1.76. The minimum Gasteiger partial charge on any atom is -0.183 e. The molecule has 0 aliphatic carbocycles. The van der Waals surface area contributed by atoms with Crippen LogP contribution in [-0.4, -0.2) is 6.26 Å². The average Bonchev–Trinajstić information content (AvgIpc) is 2.12. The lowest BCUT2D eigenvalue weighted by Gasteiger charge is -1.68. The van der Waals surface area contributed by atoms with Crippen molar-refractivity contribution in [3.8, 4) is 0 Å². The second-order valence-corrected chi connectivity index (χ2v) is 1.71. The van der Waals surface area contributed by atoms with E-state index < -0.39 is 0 Å². The molecule has 0 saturated carbocycles. The fraction of sp³-hybridized carbons (Fsp3) is 1.00. The van der Waals surface area contributed by atoms with Gasteiger partial charge in [-0.25, -0.2) is 0 Å². The molecule has 0 aromatic carbocycles. The fourth-order valence-electron chi connectivity index (χ4n) is 0. The zero-order valence-corrected chi connectivity index (χ0v) is 10.5. The maximum absolute atomic E-state index is 3.53. The smallest absolute Gasteiger partial charge is 0.0215 e. The predicted octanol–water partition coefficient (Wildman–Crippen LogP) is 4.79. The molecule has 11 heavy (non-hydrogen) atoms. The third-order valence-electron chi connectivity index (χ3n) is 0.500. The Hall–Kier alpha value is 0.350. The van der Waals surface area contributed by atoms with Gasteiger partial charge in [0.05, 0.1) is 0 Å². The van der Waals surface area contributed by atoms with Crippen LogP contribution in [0.5, 0.6) is 0 Å². The molecular weight excluding hydrogens is 152 g/mol. The van der Waals surface area contributed by atoms with Crippen LogP contribution in [0.1, 0.15) is 60.8 Å². The first kappa shape index (κ1) is 22.5. The summed E-state index contributed by atoms with van der Waals surface area (Å²) in [6.45, 7) is 12.6. The highest BCUT2D eigenvalue weighted by Gasteiger charge is 1.56. The third kappa shape index (κ3) is 396. The van der Waals surface area contributed by atoms with Crippen LogP contribution in [0.4, 0.5) is 0 Å². The van der Waals surface area contributed by atoms with E-state index in [4.69, 9.17) is 0 Å². The van der Waals surface area contributed by atoms with Gasteiger partial charge in [-0.15, -0.1) is 0 Å². The van der Waals surface area contributed by atoms with Crippen molar-refractivity contribution < 1.29 is 0 Å². The van der Waals surface area contributed by atoms with Crippen LogP contribution in [-0.2, 0) is 0 Å². The second kappa shape index (κ2) is 80.6. The van der Waals surface area contributed by atoms with Crippen LogP contribution >= 0.6 is 12.6 Å². The Balaban J connectivity index is -0.0000000315. The minimum atomic E-state index is 1.25. The van der Waals surface area contributed by atoms with Gasteiger partial charge in [-0.2, -0.15) is 12.6 Å². The van der Waals surface area contributed by atoms with Crippen LogP contribution in [0.25, 0.3) is 0 Å². The van der Waals surface area contributed by atoms with Crippen LogP contribution in [0.3, 0.4) is 0 Å². The molecule has 74 valence electrons. The lowest BCUT2D eigenvalue weighted by Crippen LogP contribution is -1.47. The molecule has 1 heteroatoms. The molecule has 0 aliphatic heterocycles. The Kier molecular flexibility index (Phi) is 165. The number of rotatable bonds is 1. The van der Waals surface area contributed by atoms with Crippen LogP contribution in [0.2, 0.25) is 0 Å². The van der Waals surface area contributed by atoms with E-state index in [0.717, 1.165) is 0 Å². The second-order valence-electron chi connectivity index (χ2n) is 1.71. The van der Waals surface area contributed by atoms with E-state index in [1.54, 1.807) is 6.26 Å². The molecule has 0 aromatic heterocycles. The summed E-state index contributed by atoms with van der Waals surface area (Å²) in [7, 11) is 0. The van der Waals surface area contributed by atoms with Gasteiger partial charge >= 0.3 is 0 Å². The number of unbranched alkanes of at least 4 members (excludes halogenated alkanes) is 1. The molecule has 0 N–H and O–H groups in total. The summed E-state index contributed by atoms with van der Waals surface area (Å²) in [4.78, 5) is 0. The Morgan fingerprint density at radius 3 is 0.818 bits per heavy atom. The minimum absolute atomic E-state index is 1.25. The SMILES string of the molecule is CC.CCC.CCCC.CS. The maximum atomic E-state index is 3.53. The fourth-order valence-corrected chi connectivity index (χ4v) is 0.